The van der Waals surface area contributed by atoms with Crippen LogP contribution in [0.25, 0.3) is 11.1 Å². The lowest BCUT2D eigenvalue weighted by Gasteiger charge is -2.28. The van der Waals surface area contributed by atoms with Crippen LogP contribution in [-0.2, 0) is 14.6 Å². The number of benzene rings is 2. The van der Waals surface area contributed by atoms with Gasteiger partial charge in [-0.2, -0.15) is 0 Å². The summed E-state index contributed by atoms with van der Waals surface area (Å²) >= 11 is 0. The molecule has 0 unspecified atom stereocenters. The molecule has 1 saturated heterocycles. The van der Waals surface area contributed by atoms with E-state index in [0.29, 0.717) is 18.9 Å². The number of hydrogen-bond donors (Lipinski definition) is 1. The van der Waals surface area contributed by atoms with Crippen molar-refractivity contribution in [2.75, 3.05) is 29.9 Å². The molecule has 0 aromatic heterocycles. The molecule has 1 aliphatic heterocycles. The zero-order chi connectivity index (χ0) is 22.3. The van der Waals surface area contributed by atoms with Crippen LogP contribution in [0.2, 0.25) is 0 Å². The first-order chi connectivity index (χ1) is 14.9. The first-order valence-electron chi connectivity index (χ1n) is 10.1. The van der Waals surface area contributed by atoms with Crippen molar-refractivity contribution >= 4 is 28.1 Å². The summed E-state index contributed by atoms with van der Waals surface area (Å²) in [4.78, 5) is 18.3. The molecule has 1 aliphatic rings. The van der Waals surface area contributed by atoms with Crippen LogP contribution in [0.4, 0.5) is 5.69 Å². The molecule has 0 aliphatic carbocycles. The number of carbonyl (C=O) groups is 1. The topological polar surface area (TPSA) is 78.8 Å². The molecule has 1 fully saturated rings. The molecule has 1 amide bonds. The Hall–Kier alpha value is -3.19. The molecule has 1 heterocycles. The van der Waals surface area contributed by atoms with Crippen LogP contribution in [0.3, 0.4) is 0 Å². The highest BCUT2D eigenvalue weighted by atomic mass is 32.2. The van der Waals surface area contributed by atoms with Crippen molar-refractivity contribution in [3.05, 3.63) is 78.1 Å². The summed E-state index contributed by atoms with van der Waals surface area (Å²) in [6.07, 6.45) is 3.85. The smallest absolute Gasteiger partial charge is 0.228 e. The number of nitrogens with zero attached hydrogens (tertiary/aromatic N) is 2. The van der Waals surface area contributed by atoms with Gasteiger partial charge in [0.25, 0.3) is 0 Å². The molecule has 0 radical (unpaired) electrons. The maximum absolute atomic E-state index is 12.4. The number of allylic oxidation sites excluding steroid dienone is 2. The summed E-state index contributed by atoms with van der Waals surface area (Å²) in [7, 11) is -2.95. The highest BCUT2D eigenvalue weighted by Gasteiger charge is 2.22. The van der Waals surface area contributed by atoms with Crippen molar-refractivity contribution in [3.63, 3.8) is 0 Å². The van der Waals surface area contributed by atoms with Crippen LogP contribution in [0.15, 0.2) is 83.1 Å². The fraction of sp³-hybridized carbons (Fsp3) is 0.250. The second-order valence-electron chi connectivity index (χ2n) is 7.50. The Bertz CT molecular complexity index is 1070. The highest BCUT2D eigenvalue weighted by Crippen LogP contribution is 2.21. The van der Waals surface area contributed by atoms with Crippen LogP contribution >= 0.6 is 0 Å². The first-order valence-corrected chi connectivity index (χ1v) is 11.9. The number of hydrogen-bond acceptors (Lipinski definition) is 5. The average Bonchev–Trinajstić information content (AvgIpc) is 2.76. The summed E-state index contributed by atoms with van der Waals surface area (Å²) in [5.74, 6) is 0.750. The molecule has 7 heteroatoms. The molecular weight excluding hydrogens is 410 g/mol. The second kappa shape index (κ2) is 10.2. The largest absolute Gasteiger partial charge is 0.355 e. The Morgan fingerprint density at radius 2 is 1.65 bits per heavy atom. The SMILES string of the molecule is C=N/C(=C\C=C(/C)CC(=O)Nc1ccc(-c2ccccc2)cc1)N1CCS(=O)(=O)CC1. The van der Waals surface area contributed by atoms with Crippen molar-refractivity contribution in [1.82, 2.24) is 4.90 Å². The van der Waals surface area contributed by atoms with Crippen LogP contribution in [-0.4, -0.2) is 50.5 Å². The fourth-order valence-electron chi connectivity index (χ4n) is 3.31. The molecule has 0 saturated carbocycles. The summed E-state index contributed by atoms with van der Waals surface area (Å²) in [5.41, 5.74) is 3.83. The first kappa shape index (κ1) is 22.5. The minimum Gasteiger partial charge on any atom is -0.355 e. The Morgan fingerprint density at radius 3 is 2.26 bits per heavy atom. The van der Waals surface area contributed by atoms with Gasteiger partial charge in [0.1, 0.15) is 5.82 Å². The molecule has 3 rings (SSSR count). The second-order valence-corrected chi connectivity index (χ2v) is 9.81. The van der Waals surface area contributed by atoms with E-state index < -0.39 is 9.84 Å². The van der Waals surface area contributed by atoms with Gasteiger partial charge in [0.2, 0.25) is 5.91 Å². The number of rotatable bonds is 7. The number of aliphatic imine (C=N–C) groups is 1. The average molecular weight is 438 g/mol. The van der Waals surface area contributed by atoms with E-state index in [2.05, 4.69) is 17.0 Å². The van der Waals surface area contributed by atoms with Gasteiger partial charge in [0.05, 0.1) is 11.5 Å². The lowest BCUT2D eigenvalue weighted by molar-refractivity contribution is -0.115. The zero-order valence-corrected chi connectivity index (χ0v) is 18.4. The molecule has 0 spiro atoms. The van der Waals surface area contributed by atoms with Crippen LogP contribution < -0.4 is 5.32 Å². The Balaban J connectivity index is 1.56. The van der Waals surface area contributed by atoms with Crippen LogP contribution in [0.5, 0.6) is 0 Å². The molecule has 2 aromatic carbocycles. The minimum atomic E-state index is -2.95. The van der Waals surface area contributed by atoms with Gasteiger partial charge < -0.3 is 10.2 Å². The molecule has 0 atom stereocenters. The summed E-state index contributed by atoms with van der Waals surface area (Å²) < 4.78 is 23.2. The van der Waals surface area contributed by atoms with Gasteiger partial charge in [-0.3, -0.25) is 4.79 Å². The lowest BCUT2D eigenvalue weighted by Crippen LogP contribution is -2.39. The standard InChI is InChI=1S/C24H27N3O3S/c1-19(8-13-23(25-2)27-14-16-31(29,30)17-15-27)18-24(28)26-22-11-9-21(10-12-22)20-6-4-3-5-7-20/h3-13H,2,14-18H2,1H3,(H,26,28)/b19-8+,23-13+. The van der Waals surface area contributed by atoms with Gasteiger partial charge >= 0.3 is 0 Å². The third-order valence-electron chi connectivity index (χ3n) is 5.06. The van der Waals surface area contributed by atoms with Crippen molar-refractivity contribution in [2.24, 2.45) is 4.99 Å². The minimum absolute atomic E-state index is 0.105. The van der Waals surface area contributed by atoms with Gasteiger partial charge in [0.15, 0.2) is 9.84 Å². The van der Waals surface area contributed by atoms with Gasteiger partial charge in [0, 0.05) is 25.2 Å². The van der Waals surface area contributed by atoms with Gasteiger partial charge in [-0.1, -0.05) is 54.1 Å². The molecule has 162 valence electrons. The van der Waals surface area contributed by atoms with E-state index in [9.17, 15) is 13.2 Å². The third kappa shape index (κ3) is 6.65. The van der Waals surface area contributed by atoms with Crippen molar-refractivity contribution < 1.29 is 13.2 Å². The van der Waals surface area contributed by atoms with Crippen LogP contribution in [0.1, 0.15) is 13.3 Å². The molecule has 31 heavy (non-hydrogen) atoms. The normalized spacial score (nSPS) is 16.6. The number of sulfone groups is 1. The molecule has 6 nitrogen and oxygen atoms in total. The van der Waals surface area contributed by atoms with Gasteiger partial charge in [-0.15, -0.1) is 0 Å². The zero-order valence-electron chi connectivity index (χ0n) is 17.6. The van der Waals surface area contributed by atoms with Crippen molar-refractivity contribution in [2.45, 2.75) is 13.3 Å². The Labute approximate surface area is 183 Å². The third-order valence-corrected chi connectivity index (χ3v) is 6.67. The van der Waals surface area contributed by atoms with E-state index in [1.54, 1.807) is 6.08 Å². The van der Waals surface area contributed by atoms with E-state index in [1.807, 2.05) is 72.5 Å². The van der Waals surface area contributed by atoms with E-state index in [0.717, 1.165) is 22.4 Å². The van der Waals surface area contributed by atoms with Crippen molar-refractivity contribution in [1.29, 1.82) is 0 Å². The Morgan fingerprint density at radius 1 is 1.03 bits per heavy atom. The molecular formula is C24H27N3O3S. The van der Waals surface area contributed by atoms with E-state index in [-0.39, 0.29) is 23.8 Å². The molecule has 2 aromatic rings. The molecule has 1 N–H and O–H groups in total. The quantitative estimate of drug-likeness (QED) is 0.526. The van der Waals surface area contributed by atoms with E-state index in [1.165, 1.54) is 0 Å². The maximum Gasteiger partial charge on any atom is 0.228 e. The monoisotopic (exact) mass is 437 g/mol. The maximum atomic E-state index is 12.4. The summed E-state index contributed by atoms with van der Waals surface area (Å²) in [6.45, 7) is 6.25. The van der Waals surface area contributed by atoms with Crippen LogP contribution in [0, 0.1) is 0 Å². The van der Waals surface area contributed by atoms with Crippen molar-refractivity contribution in [3.8, 4) is 11.1 Å². The Kier molecular flexibility index (Phi) is 7.41. The predicted molar refractivity (Wildman–Crippen MR) is 127 cm³/mol. The number of anilines is 1. The van der Waals surface area contributed by atoms with Gasteiger partial charge in [-0.05, 0) is 43.0 Å². The predicted octanol–water partition coefficient (Wildman–Crippen LogP) is 3.90. The fourth-order valence-corrected chi connectivity index (χ4v) is 4.51. The van der Waals surface area contributed by atoms with Gasteiger partial charge in [-0.25, -0.2) is 13.4 Å². The van der Waals surface area contributed by atoms with E-state index >= 15 is 0 Å². The molecule has 0 bridgehead atoms. The number of carbonyl (C=O) groups excluding carboxylic acids is 1. The summed E-state index contributed by atoms with van der Waals surface area (Å²) in [5, 5.41) is 2.91. The summed E-state index contributed by atoms with van der Waals surface area (Å²) in [6, 6.07) is 17.8. The number of amides is 1. The highest BCUT2D eigenvalue weighted by molar-refractivity contribution is 7.91. The van der Waals surface area contributed by atoms with E-state index in [4.69, 9.17) is 0 Å². The number of nitrogens with one attached hydrogen (secondary N) is 1. The lowest BCUT2D eigenvalue weighted by atomic mass is 10.1.